The van der Waals surface area contributed by atoms with Crippen LogP contribution in [-0.2, 0) is 4.74 Å². The van der Waals surface area contributed by atoms with Crippen molar-refractivity contribution in [2.45, 2.75) is 39.0 Å². The largest absolute Gasteiger partial charge is 0.396 e. The van der Waals surface area contributed by atoms with Crippen molar-refractivity contribution < 1.29 is 14.6 Å². The highest BCUT2D eigenvalue weighted by Crippen LogP contribution is 2.47. The maximum absolute atomic E-state index is 12.9. The van der Waals surface area contributed by atoms with Crippen LogP contribution in [0, 0.1) is 18.8 Å². The van der Waals surface area contributed by atoms with E-state index in [1.54, 1.807) is 0 Å². The number of nitrogens with zero attached hydrogens (tertiary/aromatic N) is 3. The van der Waals surface area contributed by atoms with Gasteiger partial charge in [-0.2, -0.15) is 0 Å². The maximum Gasteiger partial charge on any atom is 0.321 e. The molecule has 3 atom stereocenters. The molecule has 0 radical (unpaired) electrons. The zero-order chi connectivity index (χ0) is 23.7. The number of likely N-dealkylation sites (tertiary alicyclic amines) is 1. The number of hydrogen-bond donors (Lipinski definition) is 2. The molecule has 2 aromatic rings. The third-order valence-corrected chi connectivity index (χ3v) is 7.65. The van der Waals surface area contributed by atoms with Crippen molar-refractivity contribution in [3.05, 3.63) is 41.6 Å². The summed E-state index contributed by atoms with van der Waals surface area (Å²) < 4.78 is 5.54. The van der Waals surface area contributed by atoms with Crippen LogP contribution in [0.2, 0.25) is 0 Å². The van der Waals surface area contributed by atoms with Crippen LogP contribution in [0.5, 0.6) is 0 Å². The molecule has 3 fully saturated rings. The van der Waals surface area contributed by atoms with E-state index in [1.807, 2.05) is 11.0 Å². The first-order chi connectivity index (χ1) is 16.6. The first kappa shape index (κ1) is 23.1. The van der Waals surface area contributed by atoms with Gasteiger partial charge >= 0.3 is 6.03 Å². The number of carbonyl (C=O) groups excluding carboxylic acids is 1. The lowest BCUT2D eigenvalue weighted by molar-refractivity contribution is 0.122. The molecule has 3 heterocycles. The molecule has 182 valence electrons. The number of benzene rings is 1. The van der Waals surface area contributed by atoms with Gasteiger partial charge in [0.25, 0.3) is 0 Å². The molecule has 2 amide bonds. The van der Waals surface area contributed by atoms with Crippen molar-refractivity contribution in [3.8, 4) is 11.1 Å². The van der Waals surface area contributed by atoms with E-state index in [1.165, 1.54) is 0 Å². The van der Waals surface area contributed by atoms with Gasteiger partial charge in [0.05, 0.1) is 13.2 Å². The summed E-state index contributed by atoms with van der Waals surface area (Å²) in [5, 5.41) is 12.8. The SMILES string of the molecule is CC[C@@H]1CCN(C(=O)Nc2ccc(C)c(-c3cc([C@@H]4C[C@@H]4CO)nc(N4CCOCC4)c3)c2)C1. The van der Waals surface area contributed by atoms with Gasteiger partial charge in [0.2, 0.25) is 0 Å². The van der Waals surface area contributed by atoms with E-state index in [9.17, 15) is 9.90 Å². The summed E-state index contributed by atoms with van der Waals surface area (Å²) in [5.74, 6) is 2.20. The lowest BCUT2D eigenvalue weighted by Crippen LogP contribution is -2.36. The number of morpholine rings is 1. The standard InChI is InChI=1S/C27H36N4O3/c1-3-19-6-7-31(16-19)27(33)28-22-5-4-18(2)23(15-22)20-13-25(24-12-21(24)17-32)29-26(14-20)30-8-10-34-11-9-30/h4-5,13-15,19,21,24,32H,3,6-12,16-17H2,1-2H3,(H,28,33)/t19-,21-,24-/m1/s1. The molecule has 3 aliphatic rings. The lowest BCUT2D eigenvalue weighted by Gasteiger charge is -2.28. The smallest absolute Gasteiger partial charge is 0.321 e. The Labute approximate surface area is 202 Å². The average Bonchev–Trinajstić information content (AvgIpc) is 3.51. The summed E-state index contributed by atoms with van der Waals surface area (Å²) >= 11 is 0. The van der Waals surface area contributed by atoms with Crippen LogP contribution in [0.15, 0.2) is 30.3 Å². The minimum Gasteiger partial charge on any atom is -0.396 e. The average molecular weight is 465 g/mol. The first-order valence-corrected chi connectivity index (χ1v) is 12.7. The van der Waals surface area contributed by atoms with Crippen LogP contribution >= 0.6 is 0 Å². The van der Waals surface area contributed by atoms with Gasteiger partial charge in [-0.15, -0.1) is 0 Å². The number of pyridine rings is 1. The Hall–Kier alpha value is -2.64. The summed E-state index contributed by atoms with van der Waals surface area (Å²) in [4.78, 5) is 22.1. The Morgan fingerprint density at radius 3 is 2.74 bits per heavy atom. The molecule has 1 aromatic carbocycles. The molecule has 0 bridgehead atoms. The van der Waals surface area contributed by atoms with E-state index in [4.69, 9.17) is 9.72 Å². The Balaban J connectivity index is 1.43. The van der Waals surface area contributed by atoms with Crippen LogP contribution in [-0.4, -0.2) is 67.0 Å². The molecule has 0 spiro atoms. The van der Waals surface area contributed by atoms with Crippen LogP contribution < -0.4 is 10.2 Å². The molecule has 5 rings (SSSR count). The fraction of sp³-hybridized carbons (Fsp3) is 0.556. The second kappa shape index (κ2) is 9.92. The third kappa shape index (κ3) is 4.91. The van der Waals surface area contributed by atoms with Crippen molar-refractivity contribution in [1.82, 2.24) is 9.88 Å². The number of rotatable bonds is 6. The van der Waals surface area contributed by atoms with Gasteiger partial charge in [-0.05, 0) is 72.6 Å². The Morgan fingerprint density at radius 1 is 1.21 bits per heavy atom. The number of nitrogens with one attached hydrogen (secondary N) is 1. The second-order valence-corrected chi connectivity index (χ2v) is 9.99. The van der Waals surface area contributed by atoms with E-state index in [-0.39, 0.29) is 12.6 Å². The molecule has 1 saturated carbocycles. The lowest BCUT2D eigenvalue weighted by atomic mass is 9.98. The van der Waals surface area contributed by atoms with Crippen LogP contribution in [0.3, 0.4) is 0 Å². The zero-order valence-corrected chi connectivity index (χ0v) is 20.3. The number of aliphatic hydroxyl groups excluding tert-OH is 1. The molecule has 1 aromatic heterocycles. The monoisotopic (exact) mass is 464 g/mol. The van der Waals surface area contributed by atoms with E-state index >= 15 is 0 Å². The van der Waals surface area contributed by atoms with Crippen LogP contribution in [0.25, 0.3) is 11.1 Å². The Bertz CT molecular complexity index is 1040. The number of urea groups is 1. The van der Waals surface area contributed by atoms with E-state index in [0.717, 1.165) is 79.3 Å². The van der Waals surface area contributed by atoms with Gasteiger partial charge in [0.1, 0.15) is 5.82 Å². The van der Waals surface area contributed by atoms with Gasteiger partial charge in [0.15, 0.2) is 0 Å². The quantitative estimate of drug-likeness (QED) is 0.668. The number of carbonyl (C=O) groups is 1. The number of aryl methyl sites for hydroxylation is 1. The number of aliphatic hydroxyl groups is 1. The van der Waals surface area contributed by atoms with Gasteiger partial charge in [0, 0.05) is 50.1 Å². The normalized spacial score (nSPS) is 24.4. The molecule has 0 unspecified atom stereocenters. The zero-order valence-electron chi connectivity index (χ0n) is 20.3. The second-order valence-electron chi connectivity index (χ2n) is 9.99. The predicted molar refractivity (Wildman–Crippen MR) is 134 cm³/mol. The molecule has 7 heteroatoms. The summed E-state index contributed by atoms with van der Waals surface area (Å²) in [6.45, 7) is 9.24. The van der Waals surface area contributed by atoms with Crippen molar-refractivity contribution in [2.24, 2.45) is 11.8 Å². The Morgan fingerprint density at radius 2 is 2.03 bits per heavy atom. The minimum absolute atomic E-state index is 0.0149. The van der Waals surface area contributed by atoms with Crippen molar-refractivity contribution >= 4 is 17.5 Å². The number of anilines is 2. The molecule has 2 saturated heterocycles. The van der Waals surface area contributed by atoms with Gasteiger partial charge in [-0.25, -0.2) is 9.78 Å². The number of hydrogen-bond acceptors (Lipinski definition) is 5. The van der Waals surface area contributed by atoms with E-state index in [2.05, 4.69) is 48.3 Å². The van der Waals surface area contributed by atoms with E-state index in [0.29, 0.717) is 31.0 Å². The summed E-state index contributed by atoms with van der Waals surface area (Å²) in [5.41, 5.74) is 5.23. The topological polar surface area (TPSA) is 77.9 Å². The van der Waals surface area contributed by atoms with Crippen molar-refractivity contribution in [3.63, 3.8) is 0 Å². The highest BCUT2D eigenvalue weighted by Gasteiger charge is 2.39. The number of amides is 2. The number of ether oxygens (including phenoxy) is 1. The molecular weight excluding hydrogens is 428 g/mol. The fourth-order valence-electron chi connectivity index (χ4n) is 5.21. The van der Waals surface area contributed by atoms with Crippen molar-refractivity contribution in [2.75, 3.05) is 56.2 Å². The maximum atomic E-state index is 12.9. The van der Waals surface area contributed by atoms with E-state index < -0.39 is 0 Å². The molecule has 1 aliphatic carbocycles. The third-order valence-electron chi connectivity index (χ3n) is 7.65. The van der Waals surface area contributed by atoms with Crippen molar-refractivity contribution in [1.29, 1.82) is 0 Å². The van der Waals surface area contributed by atoms with Gasteiger partial charge in [-0.1, -0.05) is 19.4 Å². The molecule has 34 heavy (non-hydrogen) atoms. The molecule has 2 N–H and O–H groups in total. The molecule has 2 aliphatic heterocycles. The first-order valence-electron chi connectivity index (χ1n) is 12.7. The van der Waals surface area contributed by atoms with Crippen LogP contribution in [0.1, 0.15) is 43.4 Å². The molecular formula is C27H36N4O3. The summed E-state index contributed by atoms with van der Waals surface area (Å²) in [7, 11) is 0. The number of aromatic nitrogens is 1. The highest BCUT2D eigenvalue weighted by molar-refractivity contribution is 5.90. The van der Waals surface area contributed by atoms with Crippen LogP contribution in [0.4, 0.5) is 16.3 Å². The fourth-order valence-corrected chi connectivity index (χ4v) is 5.21. The van der Waals surface area contributed by atoms with Gasteiger partial charge < -0.3 is 25.0 Å². The summed E-state index contributed by atoms with van der Waals surface area (Å²) in [6.07, 6.45) is 3.19. The highest BCUT2D eigenvalue weighted by atomic mass is 16.5. The Kier molecular flexibility index (Phi) is 6.75. The molecule has 7 nitrogen and oxygen atoms in total. The minimum atomic E-state index is -0.0149. The van der Waals surface area contributed by atoms with Gasteiger partial charge in [-0.3, -0.25) is 0 Å². The predicted octanol–water partition coefficient (Wildman–Crippen LogP) is 4.25. The summed E-state index contributed by atoms with van der Waals surface area (Å²) in [6, 6.07) is 10.5.